The first-order valence-electron chi connectivity index (χ1n) is 10.0. The van der Waals surface area contributed by atoms with E-state index in [1.165, 1.54) is 12.1 Å². The zero-order chi connectivity index (χ0) is 21.7. The van der Waals surface area contributed by atoms with Crippen molar-refractivity contribution in [1.29, 1.82) is 0 Å². The van der Waals surface area contributed by atoms with Gasteiger partial charge in [-0.25, -0.2) is 4.39 Å². The van der Waals surface area contributed by atoms with Crippen molar-refractivity contribution in [2.45, 2.75) is 32.7 Å². The fourth-order valence-electron chi connectivity index (χ4n) is 3.41. The SMILES string of the molecule is CC(C)CC(C(=O)NCCCOc1ccccc1F)N1C(=O)c2ccccc2C1=O. The number of amides is 3. The van der Waals surface area contributed by atoms with Crippen LogP contribution in [0.2, 0.25) is 0 Å². The number of fused-ring (bicyclic) bond motifs is 1. The van der Waals surface area contributed by atoms with Gasteiger partial charge in [0, 0.05) is 6.54 Å². The molecule has 0 aliphatic carbocycles. The van der Waals surface area contributed by atoms with Gasteiger partial charge < -0.3 is 10.1 Å². The number of ether oxygens (including phenoxy) is 1. The van der Waals surface area contributed by atoms with Crippen LogP contribution in [0.3, 0.4) is 0 Å². The standard InChI is InChI=1S/C23H25FN2O4/c1-15(2)14-19(26-22(28)16-8-3-4-9-17(16)23(26)29)21(27)25-12-7-13-30-20-11-6-5-10-18(20)24/h3-6,8-11,15,19H,7,12-14H2,1-2H3,(H,25,27). The van der Waals surface area contributed by atoms with Crippen molar-refractivity contribution in [1.82, 2.24) is 10.2 Å². The Morgan fingerprint density at radius 2 is 1.63 bits per heavy atom. The van der Waals surface area contributed by atoms with Gasteiger partial charge in [0.2, 0.25) is 5.91 Å². The van der Waals surface area contributed by atoms with E-state index in [0.717, 1.165) is 4.90 Å². The normalized spacial score (nSPS) is 14.1. The highest BCUT2D eigenvalue weighted by Crippen LogP contribution is 2.27. The van der Waals surface area contributed by atoms with Crippen molar-refractivity contribution in [2.24, 2.45) is 5.92 Å². The van der Waals surface area contributed by atoms with Crippen LogP contribution >= 0.6 is 0 Å². The molecule has 30 heavy (non-hydrogen) atoms. The van der Waals surface area contributed by atoms with Crippen LogP contribution in [0, 0.1) is 11.7 Å². The minimum atomic E-state index is -0.884. The Hall–Kier alpha value is -3.22. The third-order valence-electron chi connectivity index (χ3n) is 4.85. The number of nitrogens with zero attached hydrogens (tertiary/aromatic N) is 1. The number of benzene rings is 2. The molecule has 0 spiro atoms. The van der Waals surface area contributed by atoms with Crippen molar-refractivity contribution in [3.63, 3.8) is 0 Å². The first kappa shape index (κ1) is 21.5. The minimum absolute atomic E-state index is 0.106. The topological polar surface area (TPSA) is 75.7 Å². The van der Waals surface area contributed by atoms with E-state index in [0.29, 0.717) is 24.0 Å². The lowest BCUT2D eigenvalue weighted by molar-refractivity contribution is -0.125. The van der Waals surface area contributed by atoms with Gasteiger partial charge in [-0.15, -0.1) is 0 Å². The zero-order valence-corrected chi connectivity index (χ0v) is 17.1. The molecule has 2 aromatic rings. The van der Waals surface area contributed by atoms with Crippen LogP contribution in [-0.4, -0.2) is 41.8 Å². The van der Waals surface area contributed by atoms with E-state index < -0.39 is 23.7 Å². The molecule has 6 nitrogen and oxygen atoms in total. The summed E-state index contributed by atoms with van der Waals surface area (Å²) >= 11 is 0. The van der Waals surface area contributed by atoms with Crippen LogP contribution in [0.25, 0.3) is 0 Å². The van der Waals surface area contributed by atoms with Crippen molar-refractivity contribution in [3.05, 3.63) is 65.5 Å². The molecular formula is C23H25FN2O4. The molecule has 0 fully saturated rings. The van der Waals surface area contributed by atoms with E-state index in [2.05, 4.69) is 5.32 Å². The smallest absolute Gasteiger partial charge is 0.262 e. The Balaban J connectivity index is 1.59. The monoisotopic (exact) mass is 412 g/mol. The van der Waals surface area contributed by atoms with Crippen molar-refractivity contribution >= 4 is 17.7 Å². The molecule has 1 aliphatic rings. The number of halogens is 1. The highest BCUT2D eigenvalue weighted by Gasteiger charge is 2.42. The minimum Gasteiger partial charge on any atom is -0.490 e. The number of carbonyl (C=O) groups excluding carboxylic acids is 3. The molecule has 1 aliphatic heterocycles. The van der Waals surface area contributed by atoms with Gasteiger partial charge in [0.25, 0.3) is 11.8 Å². The Kier molecular flexibility index (Phi) is 6.82. The number of hydrogen-bond donors (Lipinski definition) is 1. The lowest BCUT2D eigenvalue weighted by atomic mass is 10.0. The van der Waals surface area contributed by atoms with Gasteiger partial charge in [0.05, 0.1) is 17.7 Å². The fraction of sp³-hybridized carbons (Fsp3) is 0.348. The summed E-state index contributed by atoms with van der Waals surface area (Å²) in [4.78, 5) is 39.4. The molecule has 1 atom stereocenters. The maximum atomic E-state index is 13.5. The summed E-state index contributed by atoms with van der Waals surface area (Å²) in [6, 6.07) is 11.8. The lowest BCUT2D eigenvalue weighted by Crippen LogP contribution is -2.50. The van der Waals surface area contributed by atoms with Crippen LogP contribution in [0.15, 0.2) is 48.5 Å². The van der Waals surface area contributed by atoms with Gasteiger partial charge in [-0.2, -0.15) is 0 Å². The maximum absolute atomic E-state index is 13.5. The molecule has 0 radical (unpaired) electrons. The largest absolute Gasteiger partial charge is 0.490 e. The molecule has 3 amide bonds. The van der Waals surface area contributed by atoms with Gasteiger partial charge in [0.1, 0.15) is 6.04 Å². The van der Waals surface area contributed by atoms with Gasteiger partial charge in [-0.1, -0.05) is 38.1 Å². The maximum Gasteiger partial charge on any atom is 0.262 e. The Labute approximate surface area is 175 Å². The number of para-hydroxylation sites is 1. The molecule has 0 bridgehead atoms. The highest BCUT2D eigenvalue weighted by molar-refractivity contribution is 6.22. The number of hydrogen-bond acceptors (Lipinski definition) is 4. The second kappa shape index (κ2) is 9.52. The van der Waals surface area contributed by atoms with Crippen molar-refractivity contribution in [3.8, 4) is 5.75 Å². The van der Waals surface area contributed by atoms with E-state index in [1.54, 1.807) is 36.4 Å². The van der Waals surface area contributed by atoms with Gasteiger partial charge in [-0.05, 0) is 43.0 Å². The fourth-order valence-corrected chi connectivity index (χ4v) is 3.41. The van der Waals surface area contributed by atoms with Gasteiger partial charge >= 0.3 is 0 Å². The molecule has 1 heterocycles. The summed E-state index contributed by atoms with van der Waals surface area (Å²) in [5.74, 6) is -1.45. The molecule has 1 N–H and O–H groups in total. The van der Waals surface area contributed by atoms with E-state index in [4.69, 9.17) is 4.74 Å². The van der Waals surface area contributed by atoms with E-state index in [9.17, 15) is 18.8 Å². The summed E-state index contributed by atoms with van der Waals surface area (Å²) in [6.45, 7) is 4.37. The predicted octanol–water partition coefficient (Wildman–Crippen LogP) is 3.42. The highest BCUT2D eigenvalue weighted by atomic mass is 19.1. The van der Waals surface area contributed by atoms with Crippen LogP contribution in [0.4, 0.5) is 4.39 Å². The molecule has 2 aromatic carbocycles. The summed E-state index contributed by atoms with van der Waals surface area (Å²) in [6.07, 6.45) is 0.819. The molecule has 1 unspecified atom stereocenters. The lowest BCUT2D eigenvalue weighted by Gasteiger charge is -2.26. The van der Waals surface area contributed by atoms with Gasteiger partial charge in [0.15, 0.2) is 11.6 Å². The number of rotatable bonds is 9. The zero-order valence-electron chi connectivity index (χ0n) is 17.1. The summed E-state index contributed by atoms with van der Waals surface area (Å²) < 4.78 is 18.9. The molecule has 158 valence electrons. The quantitative estimate of drug-likeness (QED) is 0.506. The first-order chi connectivity index (χ1) is 14.4. The molecule has 0 saturated carbocycles. The van der Waals surface area contributed by atoms with Crippen LogP contribution in [-0.2, 0) is 4.79 Å². The molecule has 7 heteroatoms. The molecule has 0 aromatic heterocycles. The average Bonchev–Trinajstić information content (AvgIpc) is 2.97. The van der Waals surface area contributed by atoms with E-state index in [1.807, 2.05) is 13.8 Å². The second-order valence-electron chi connectivity index (χ2n) is 7.59. The summed E-state index contributed by atoms with van der Waals surface area (Å²) in [5.41, 5.74) is 0.643. The van der Waals surface area contributed by atoms with E-state index in [-0.39, 0.29) is 30.7 Å². The third-order valence-corrected chi connectivity index (χ3v) is 4.85. The third kappa shape index (κ3) is 4.67. The summed E-state index contributed by atoms with van der Waals surface area (Å²) in [7, 11) is 0. The van der Waals surface area contributed by atoms with Crippen LogP contribution < -0.4 is 10.1 Å². The summed E-state index contributed by atoms with van der Waals surface area (Å²) in [5, 5.41) is 2.77. The van der Waals surface area contributed by atoms with Crippen LogP contribution in [0.5, 0.6) is 5.75 Å². The van der Waals surface area contributed by atoms with Crippen molar-refractivity contribution < 1.29 is 23.5 Å². The predicted molar refractivity (Wildman–Crippen MR) is 110 cm³/mol. The number of carbonyl (C=O) groups is 3. The first-order valence-corrected chi connectivity index (χ1v) is 10.0. The van der Waals surface area contributed by atoms with Crippen LogP contribution in [0.1, 0.15) is 47.4 Å². The average molecular weight is 412 g/mol. The Morgan fingerprint density at radius 1 is 1.03 bits per heavy atom. The molecule has 3 rings (SSSR count). The molecular weight excluding hydrogens is 387 g/mol. The number of nitrogens with one attached hydrogen (secondary N) is 1. The van der Waals surface area contributed by atoms with E-state index >= 15 is 0 Å². The van der Waals surface area contributed by atoms with Crippen molar-refractivity contribution in [2.75, 3.05) is 13.2 Å². The molecule has 0 saturated heterocycles. The number of imide groups is 1. The van der Waals surface area contributed by atoms with Gasteiger partial charge in [-0.3, -0.25) is 19.3 Å². The second-order valence-corrected chi connectivity index (χ2v) is 7.59. The Morgan fingerprint density at radius 3 is 2.23 bits per heavy atom. The Bertz CT molecular complexity index is 909.